The zero-order valence-corrected chi connectivity index (χ0v) is 10.7. The van der Waals surface area contributed by atoms with Gasteiger partial charge >= 0.3 is 12.0 Å². The Kier molecular flexibility index (Phi) is 5.59. The van der Waals surface area contributed by atoms with E-state index >= 15 is 0 Å². The van der Waals surface area contributed by atoms with Crippen molar-refractivity contribution in [1.82, 2.24) is 5.32 Å². The SMILES string of the molecule is CCOC(=O)CNC(=O)Nc1ccc(OC)c(F)c1. The topological polar surface area (TPSA) is 76.7 Å². The molecule has 0 saturated carbocycles. The fraction of sp³-hybridized carbons (Fsp3) is 0.333. The Morgan fingerprint density at radius 1 is 1.37 bits per heavy atom. The minimum absolute atomic E-state index is 0.0810. The lowest BCUT2D eigenvalue weighted by atomic mass is 10.3. The summed E-state index contributed by atoms with van der Waals surface area (Å²) in [6.45, 7) is 1.65. The summed E-state index contributed by atoms with van der Waals surface area (Å²) in [6, 6.07) is 3.35. The second-order valence-electron chi connectivity index (χ2n) is 3.46. The van der Waals surface area contributed by atoms with Crippen LogP contribution in [0.1, 0.15) is 6.92 Å². The second kappa shape index (κ2) is 7.20. The van der Waals surface area contributed by atoms with Crippen LogP contribution in [0, 0.1) is 5.82 Å². The average molecular weight is 270 g/mol. The number of amides is 2. The van der Waals surface area contributed by atoms with Crippen molar-refractivity contribution >= 4 is 17.7 Å². The maximum atomic E-state index is 13.3. The monoisotopic (exact) mass is 270 g/mol. The van der Waals surface area contributed by atoms with Gasteiger partial charge in [0.2, 0.25) is 0 Å². The number of carbonyl (C=O) groups excluding carboxylic acids is 2. The van der Waals surface area contributed by atoms with Crippen LogP contribution in [-0.2, 0) is 9.53 Å². The summed E-state index contributed by atoms with van der Waals surface area (Å²) in [5.41, 5.74) is 0.250. The fourth-order valence-electron chi connectivity index (χ4n) is 1.28. The van der Waals surface area contributed by atoms with E-state index in [0.717, 1.165) is 6.07 Å². The zero-order valence-electron chi connectivity index (χ0n) is 10.7. The van der Waals surface area contributed by atoms with Gasteiger partial charge in [-0.1, -0.05) is 0 Å². The van der Waals surface area contributed by atoms with Crippen LogP contribution in [0.3, 0.4) is 0 Å². The van der Waals surface area contributed by atoms with Gasteiger partial charge in [-0.05, 0) is 19.1 Å². The van der Waals surface area contributed by atoms with E-state index in [1.807, 2.05) is 0 Å². The molecular formula is C12H15FN2O4. The minimum Gasteiger partial charge on any atom is -0.494 e. The molecule has 6 nitrogen and oxygen atoms in total. The maximum Gasteiger partial charge on any atom is 0.325 e. The average Bonchev–Trinajstić information content (AvgIpc) is 2.37. The molecule has 0 radical (unpaired) electrons. The summed E-state index contributed by atoms with van der Waals surface area (Å²) in [7, 11) is 1.34. The first kappa shape index (κ1) is 14.7. The Morgan fingerprint density at radius 2 is 2.11 bits per heavy atom. The Bertz CT molecular complexity index is 465. The molecule has 1 rings (SSSR count). The summed E-state index contributed by atoms with van der Waals surface area (Å²) < 4.78 is 22.7. The van der Waals surface area contributed by atoms with Gasteiger partial charge in [0.1, 0.15) is 6.54 Å². The molecule has 0 fully saturated rings. The number of anilines is 1. The van der Waals surface area contributed by atoms with Crippen molar-refractivity contribution in [2.24, 2.45) is 0 Å². The van der Waals surface area contributed by atoms with E-state index in [4.69, 9.17) is 4.74 Å². The molecule has 1 aromatic rings. The highest BCUT2D eigenvalue weighted by Gasteiger charge is 2.08. The van der Waals surface area contributed by atoms with E-state index in [2.05, 4.69) is 15.4 Å². The molecule has 0 heterocycles. The van der Waals surface area contributed by atoms with Crippen molar-refractivity contribution < 1.29 is 23.5 Å². The van der Waals surface area contributed by atoms with Gasteiger partial charge in [-0.15, -0.1) is 0 Å². The van der Waals surface area contributed by atoms with Crippen LogP contribution < -0.4 is 15.4 Å². The van der Waals surface area contributed by atoms with Gasteiger partial charge in [-0.25, -0.2) is 9.18 Å². The molecule has 0 aliphatic carbocycles. The number of esters is 1. The van der Waals surface area contributed by atoms with E-state index in [1.165, 1.54) is 19.2 Å². The van der Waals surface area contributed by atoms with Crippen LogP contribution in [0.2, 0.25) is 0 Å². The second-order valence-corrected chi connectivity index (χ2v) is 3.46. The predicted molar refractivity (Wildman–Crippen MR) is 66.6 cm³/mol. The molecule has 104 valence electrons. The number of urea groups is 1. The highest BCUT2D eigenvalue weighted by molar-refractivity contribution is 5.91. The number of halogens is 1. The van der Waals surface area contributed by atoms with E-state index in [1.54, 1.807) is 6.92 Å². The van der Waals surface area contributed by atoms with Gasteiger partial charge in [0.25, 0.3) is 0 Å². The van der Waals surface area contributed by atoms with Crippen LogP contribution in [-0.4, -0.2) is 32.3 Å². The van der Waals surface area contributed by atoms with Crippen LogP contribution in [0.5, 0.6) is 5.75 Å². The lowest BCUT2D eigenvalue weighted by Crippen LogP contribution is -2.34. The predicted octanol–water partition coefficient (Wildman–Crippen LogP) is 1.52. The van der Waals surface area contributed by atoms with Crippen LogP contribution in [0.25, 0.3) is 0 Å². The third-order valence-corrected chi connectivity index (χ3v) is 2.11. The molecule has 0 atom stereocenters. The van der Waals surface area contributed by atoms with Crippen molar-refractivity contribution in [2.45, 2.75) is 6.92 Å². The molecule has 0 spiro atoms. The first-order valence-corrected chi connectivity index (χ1v) is 5.60. The first-order valence-electron chi connectivity index (χ1n) is 5.60. The van der Waals surface area contributed by atoms with Crippen LogP contribution >= 0.6 is 0 Å². The zero-order chi connectivity index (χ0) is 14.3. The van der Waals surface area contributed by atoms with Gasteiger partial charge in [0.15, 0.2) is 11.6 Å². The normalized spacial score (nSPS) is 9.63. The Hall–Kier alpha value is -2.31. The number of hydrogen-bond acceptors (Lipinski definition) is 4. The molecule has 7 heteroatoms. The number of methoxy groups -OCH3 is 1. The van der Waals surface area contributed by atoms with Gasteiger partial charge in [0, 0.05) is 11.8 Å². The largest absolute Gasteiger partial charge is 0.494 e. The maximum absolute atomic E-state index is 13.3. The molecule has 0 aromatic heterocycles. The smallest absolute Gasteiger partial charge is 0.325 e. The number of rotatable bonds is 5. The first-order chi connectivity index (χ1) is 9.06. The third-order valence-electron chi connectivity index (χ3n) is 2.11. The van der Waals surface area contributed by atoms with Crippen LogP contribution in [0.15, 0.2) is 18.2 Å². The summed E-state index contributed by atoms with van der Waals surface area (Å²) in [5, 5.41) is 4.66. The number of ether oxygens (including phenoxy) is 2. The van der Waals surface area contributed by atoms with E-state index in [-0.39, 0.29) is 24.6 Å². The van der Waals surface area contributed by atoms with E-state index in [9.17, 15) is 14.0 Å². The molecule has 0 aliphatic heterocycles. The van der Waals surface area contributed by atoms with E-state index in [0.29, 0.717) is 0 Å². The third kappa shape index (κ3) is 4.82. The van der Waals surface area contributed by atoms with Crippen molar-refractivity contribution in [1.29, 1.82) is 0 Å². The summed E-state index contributed by atoms with van der Waals surface area (Å²) >= 11 is 0. The highest BCUT2D eigenvalue weighted by Crippen LogP contribution is 2.20. The molecule has 0 saturated heterocycles. The number of nitrogens with one attached hydrogen (secondary N) is 2. The molecule has 1 aromatic carbocycles. The summed E-state index contributed by atoms with van der Waals surface area (Å²) in [5.74, 6) is -1.05. The number of benzene rings is 1. The van der Waals surface area contributed by atoms with Crippen LogP contribution in [0.4, 0.5) is 14.9 Å². The fourth-order valence-corrected chi connectivity index (χ4v) is 1.28. The van der Waals surface area contributed by atoms with Gasteiger partial charge < -0.3 is 20.1 Å². The molecule has 19 heavy (non-hydrogen) atoms. The standard InChI is InChI=1S/C12H15FN2O4/c1-3-19-11(16)7-14-12(17)15-8-4-5-10(18-2)9(13)6-8/h4-6H,3,7H2,1-2H3,(H2,14,15,17). The quantitative estimate of drug-likeness (QED) is 0.795. The van der Waals surface area contributed by atoms with Crippen molar-refractivity contribution in [3.63, 3.8) is 0 Å². The number of hydrogen-bond donors (Lipinski definition) is 2. The van der Waals surface area contributed by atoms with Gasteiger partial charge in [0.05, 0.1) is 13.7 Å². The molecule has 0 unspecified atom stereocenters. The molecular weight excluding hydrogens is 255 g/mol. The van der Waals surface area contributed by atoms with Gasteiger partial charge in [-0.2, -0.15) is 0 Å². The highest BCUT2D eigenvalue weighted by atomic mass is 19.1. The Balaban J connectivity index is 2.48. The molecule has 0 aliphatic rings. The van der Waals surface area contributed by atoms with Gasteiger partial charge in [-0.3, -0.25) is 4.79 Å². The molecule has 2 N–H and O–H groups in total. The van der Waals surface area contributed by atoms with Crippen molar-refractivity contribution in [3.05, 3.63) is 24.0 Å². The molecule has 2 amide bonds. The van der Waals surface area contributed by atoms with Crippen molar-refractivity contribution in [3.8, 4) is 5.75 Å². The summed E-state index contributed by atoms with van der Waals surface area (Å²) in [6.07, 6.45) is 0. The minimum atomic E-state index is -0.627. The lowest BCUT2D eigenvalue weighted by Gasteiger charge is -2.08. The molecule has 0 bridgehead atoms. The van der Waals surface area contributed by atoms with E-state index < -0.39 is 17.8 Å². The number of carbonyl (C=O) groups is 2. The Morgan fingerprint density at radius 3 is 2.68 bits per heavy atom. The van der Waals surface area contributed by atoms with Crippen molar-refractivity contribution in [2.75, 3.05) is 25.6 Å². The Labute approximate surface area is 109 Å². The lowest BCUT2D eigenvalue weighted by molar-refractivity contribution is -0.141. The summed E-state index contributed by atoms with van der Waals surface area (Å²) in [4.78, 5) is 22.4.